The van der Waals surface area contributed by atoms with E-state index in [1.165, 1.54) is 0 Å². The van der Waals surface area contributed by atoms with Crippen molar-refractivity contribution in [3.8, 4) is 0 Å². The molecule has 0 saturated carbocycles. The Balaban J connectivity index is 2.16. The van der Waals surface area contributed by atoms with Gasteiger partial charge in [0.2, 0.25) is 0 Å². The summed E-state index contributed by atoms with van der Waals surface area (Å²) in [5.74, 6) is -1.03. The van der Waals surface area contributed by atoms with Crippen LogP contribution in [0.1, 0.15) is 5.56 Å². The largest absolute Gasteiger partial charge is 0.398 e. The summed E-state index contributed by atoms with van der Waals surface area (Å²) in [6.07, 6.45) is 0. The summed E-state index contributed by atoms with van der Waals surface area (Å²) in [5.41, 5.74) is 7.32. The van der Waals surface area contributed by atoms with E-state index in [4.69, 9.17) is 5.73 Å². The Bertz CT molecular complexity index is 573. The van der Waals surface area contributed by atoms with Gasteiger partial charge in [-0.1, -0.05) is 18.2 Å². The Morgan fingerprint density at radius 2 is 1.83 bits per heavy atom. The van der Waals surface area contributed by atoms with Gasteiger partial charge >= 0.3 is 0 Å². The molecule has 2 rings (SSSR count). The molecular formula is C13H11BrF2N2. The number of halogens is 3. The highest BCUT2D eigenvalue weighted by Crippen LogP contribution is 2.24. The zero-order chi connectivity index (χ0) is 13.1. The molecule has 0 bridgehead atoms. The third-order valence-corrected chi connectivity index (χ3v) is 3.14. The number of hydrogen-bond donors (Lipinski definition) is 2. The third-order valence-electron chi connectivity index (χ3n) is 2.53. The van der Waals surface area contributed by atoms with Crippen LogP contribution in [-0.2, 0) is 6.54 Å². The molecule has 0 aliphatic rings. The van der Waals surface area contributed by atoms with Gasteiger partial charge < -0.3 is 11.1 Å². The van der Waals surface area contributed by atoms with Crippen LogP contribution in [0.15, 0.2) is 40.9 Å². The molecule has 0 spiro atoms. The molecule has 0 saturated heterocycles. The lowest BCUT2D eigenvalue weighted by Crippen LogP contribution is -2.04. The zero-order valence-electron chi connectivity index (χ0n) is 9.38. The number of nitrogen functional groups attached to an aromatic ring is 1. The van der Waals surface area contributed by atoms with Crippen molar-refractivity contribution in [1.29, 1.82) is 0 Å². The van der Waals surface area contributed by atoms with Gasteiger partial charge in [0.25, 0.3) is 0 Å². The first-order valence-electron chi connectivity index (χ1n) is 5.29. The van der Waals surface area contributed by atoms with Crippen LogP contribution in [0.3, 0.4) is 0 Å². The molecule has 0 unspecified atom stereocenters. The van der Waals surface area contributed by atoms with E-state index in [0.29, 0.717) is 12.2 Å². The molecule has 0 heterocycles. The van der Waals surface area contributed by atoms with Crippen LogP contribution in [0.5, 0.6) is 0 Å². The van der Waals surface area contributed by atoms with Crippen molar-refractivity contribution < 1.29 is 8.78 Å². The minimum Gasteiger partial charge on any atom is -0.398 e. The predicted molar refractivity (Wildman–Crippen MR) is 72.2 cm³/mol. The number of nitrogens with two attached hydrogens (primary N) is 1. The van der Waals surface area contributed by atoms with E-state index in [-0.39, 0.29) is 10.2 Å². The molecule has 0 aliphatic heterocycles. The van der Waals surface area contributed by atoms with Crippen LogP contribution in [0.2, 0.25) is 0 Å². The first-order valence-corrected chi connectivity index (χ1v) is 6.09. The van der Waals surface area contributed by atoms with E-state index in [2.05, 4.69) is 21.2 Å². The number of para-hydroxylation sites is 1. The SMILES string of the molecule is Nc1ccccc1CNc1cc(F)c(Br)cc1F. The Kier molecular flexibility index (Phi) is 3.81. The molecule has 94 valence electrons. The standard InChI is InChI=1S/C13H11BrF2N2/c14-9-5-11(16)13(6-10(9)15)18-7-8-3-1-2-4-12(8)17/h1-6,18H,7,17H2. The van der Waals surface area contributed by atoms with Crippen LogP contribution in [-0.4, -0.2) is 0 Å². The van der Waals surface area contributed by atoms with Crippen molar-refractivity contribution in [2.45, 2.75) is 6.54 Å². The van der Waals surface area contributed by atoms with Gasteiger partial charge in [-0.15, -0.1) is 0 Å². The lowest BCUT2D eigenvalue weighted by Gasteiger charge is -2.10. The highest BCUT2D eigenvalue weighted by atomic mass is 79.9. The van der Waals surface area contributed by atoms with Crippen LogP contribution in [0.4, 0.5) is 20.2 Å². The first kappa shape index (κ1) is 12.8. The molecule has 5 heteroatoms. The van der Waals surface area contributed by atoms with Gasteiger partial charge in [0.05, 0.1) is 10.2 Å². The Morgan fingerprint density at radius 1 is 1.11 bits per heavy atom. The smallest absolute Gasteiger partial charge is 0.147 e. The van der Waals surface area contributed by atoms with Crippen molar-refractivity contribution in [2.75, 3.05) is 11.1 Å². The fourth-order valence-corrected chi connectivity index (χ4v) is 1.86. The molecule has 2 nitrogen and oxygen atoms in total. The van der Waals surface area contributed by atoms with Crippen molar-refractivity contribution in [1.82, 2.24) is 0 Å². The molecule has 0 amide bonds. The van der Waals surface area contributed by atoms with Crippen molar-refractivity contribution in [3.63, 3.8) is 0 Å². The maximum atomic E-state index is 13.5. The monoisotopic (exact) mass is 312 g/mol. The van der Waals surface area contributed by atoms with Crippen molar-refractivity contribution >= 4 is 27.3 Å². The summed E-state index contributed by atoms with van der Waals surface area (Å²) in [5, 5.41) is 2.82. The highest BCUT2D eigenvalue weighted by molar-refractivity contribution is 9.10. The maximum absolute atomic E-state index is 13.5. The average molecular weight is 313 g/mol. The normalized spacial score (nSPS) is 10.4. The van der Waals surface area contributed by atoms with E-state index < -0.39 is 11.6 Å². The molecule has 0 aromatic heterocycles. The summed E-state index contributed by atoms with van der Waals surface area (Å²) in [6, 6.07) is 9.44. The quantitative estimate of drug-likeness (QED) is 0.666. The van der Waals surface area contributed by atoms with E-state index in [9.17, 15) is 8.78 Å². The number of anilines is 2. The second-order valence-corrected chi connectivity index (χ2v) is 4.65. The van der Waals surface area contributed by atoms with Gasteiger partial charge in [-0.3, -0.25) is 0 Å². The predicted octanol–water partition coefficient (Wildman–Crippen LogP) is 3.92. The van der Waals surface area contributed by atoms with Crippen LogP contribution >= 0.6 is 15.9 Å². The molecule has 0 atom stereocenters. The van der Waals surface area contributed by atoms with Crippen molar-refractivity contribution in [2.24, 2.45) is 0 Å². The Labute approximate surface area is 112 Å². The average Bonchev–Trinajstić information content (AvgIpc) is 2.34. The summed E-state index contributed by atoms with van der Waals surface area (Å²) in [7, 11) is 0. The van der Waals surface area contributed by atoms with Crippen LogP contribution in [0, 0.1) is 11.6 Å². The van der Waals surface area contributed by atoms with Gasteiger partial charge in [0.15, 0.2) is 0 Å². The first-order chi connectivity index (χ1) is 8.58. The van der Waals surface area contributed by atoms with E-state index in [0.717, 1.165) is 17.7 Å². The number of rotatable bonds is 3. The second kappa shape index (κ2) is 5.35. The lowest BCUT2D eigenvalue weighted by atomic mass is 10.2. The molecule has 2 aromatic rings. The van der Waals surface area contributed by atoms with E-state index in [1.807, 2.05) is 18.2 Å². The molecule has 0 radical (unpaired) electrons. The summed E-state index contributed by atoms with van der Waals surface area (Å²) in [4.78, 5) is 0. The molecule has 2 aromatic carbocycles. The fourth-order valence-electron chi connectivity index (χ4n) is 1.54. The van der Waals surface area contributed by atoms with Gasteiger partial charge in [-0.2, -0.15) is 0 Å². The summed E-state index contributed by atoms with van der Waals surface area (Å²) in [6.45, 7) is 0.338. The Hall–Kier alpha value is -1.62. The van der Waals surface area contributed by atoms with Crippen LogP contribution in [0.25, 0.3) is 0 Å². The second-order valence-electron chi connectivity index (χ2n) is 3.80. The highest BCUT2D eigenvalue weighted by Gasteiger charge is 2.08. The molecular weight excluding hydrogens is 302 g/mol. The molecule has 18 heavy (non-hydrogen) atoms. The van der Waals surface area contributed by atoms with Crippen molar-refractivity contribution in [3.05, 3.63) is 58.1 Å². The van der Waals surface area contributed by atoms with Gasteiger partial charge in [-0.25, -0.2) is 8.78 Å². The number of nitrogens with one attached hydrogen (secondary N) is 1. The molecule has 0 aliphatic carbocycles. The summed E-state index contributed by atoms with van der Waals surface area (Å²) >= 11 is 2.93. The minimum atomic E-state index is -0.516. The molecule has 0 fully saturated rings. The van der Waals surface area contributed by atoms with Gasteiger partial charge in [-0.05, 0) is 33.6 Å². The van der Waals surface area contributed by atoms with E-state index in [1.54, 1.807) is 6.07 Å². The minimum absolute atomic E-state index is 0.102. The number of hydrogen-bond acceptors (Lipinski definition) is 2. The zero-order valence-corrected chi connectivity index (χ0v) is 11.0. The fraction of sp³-hybridized carbons (Fsp3) is 0.0769. The number of benzene rings is 2. The van der Waals surface area contributed by atoms with Gasteiger partial charge in [0, 0.05) is 18.3 Å². The summed E-state index contributed by atoms with van der Waals surface area (Å²) < 4.78 is 26.9. The molecule has 3 N–H and O–H groups in total. The third kappa shape index (κ3) is 2.79. The van der Waals surface area contributed by atoms with Crippen LogP contribution < -0.4 is 11.1 Å². The van der Waals surface area contributed by atoms with E-state index >= 15 is 0 Å². The Morgan fingerprint density at radius 3 is 2.56 bits per heavy atom. The topological polar surface area (TPSA) is 38.0 Å². The van der Waals surface area contributed by atoms with Gasteiger partial charge in [0.1, 0.15) is 11.6 Å². The lowest BCUT2D eigenvalue weighted by molar-refractivity contribution is 0.596. The maximum Gasteiger partial charge on any atom is 0.147 e.